The maximum atomic E-state index is 12.7. The van der Waals surface area contributed by atoms with Crippen molar-refractivity contribution < 1.29 is 9.32 Å². The number of hydrogen-bond acceptors (Lipinski definition) is 6. The van der Waals surface area contributed by atoms with Gasteiger partial charge < -0.3 is 9.84 Å². The SMILES string of the molecule is Cc1ccc(-c2noc(CN3CCCC(C(=O)NCCSCc4ccc(Cl)c(Cl)c4)C3)n2)cc1. The molecular formula is C25H28Cl2N4O2S. The number of aromatic nitrogens is 2. The maximum Gasteiger partial charge on any atom is 0.241 e. The van der Waals surface area contributed by atoms with Gasteiger partial charge in [0.1, 0.15) is 0 Å². The van der Waals surface area contributed by atoms with Crippen LogP contribution in [0, 0.1) is 12.8 Å². The first kappa shape index (κ1) is 25.0. The number of carbonyl (C=O) groups excluding carboxylic acids is 1. The van der Waals surface area contributed by atoms with E-state index < -0.39 is 0 Å². The molecule has 9 heteroatoms. The highest BCUT2D eigenvalue weighted by atomic mass is 35.5. The van der Waals surface area contributed by atoms with Crippen LogP contribution in [0.4, 0.5) is 0 Å². The van der Waals surface area contributed by atoms with Gasteiger partial charge in [0.05, 0.1) is 22.5 Å². The van der Waals surface area contributed by atoms with Gasteiger partial charge in [0, 0.05) is 30.2 Å². The summed E-state index contributed by atoms with van der Waals surface area (Å²) in [7, 11) is 0. The van der Waals surface area contributed by atoms with Crippen LogP contribution in [0.3, 0.4) is 0 Å². The minimum atomic E-state index is -0.0201. The van der Waals surface area contributed by atoms with E-state index in [0.717, 1.165) is 42.0 Å². The number of nitrogens with one attached hydrogen (secondary N) is 1. The van der Waals surface area contributed by atoms with E-state index in [4.69, 9.17) is 27.7 Å². The fraction of sp³-hybridized carbons (Fsp3) is 0.400. The second-order valence-electron chi connectivity index (χ2n) is 8.54. The number of amides is 1. The van der Waals surface area contributed by atoms with E-state index in [0.29, 0.717) is 41.4 Å². The highest BCUT2D eigenvalue weighted by Crippen LogP contribution is 2.25. The minimum absolute atomic E-state index is 0.0201. The fourth-order valence-corrected chi connectivity index (χ4v) is 5.08. The van der Waals surface area contributed by atoms with Crippen molar-refractivity contribution in [2.75, 3.05) is 25.4 Å². The predicted octanol–water partition coefficient (Wildman–Crippen LogP) is 5.61. The molecule has 1 amide bonds. The molecule has 180 valence electrons. The van der Waals surface area contributed by atoms with Gasteiger partial charge in [-0.2, -0.15) is 16.7 Å². The van der Waals surface area contributed by atoms with Crippen LogP contribution in [0.15, 0.2) is 47.0 Å². The summed E-state index contributed by atoms with van der Waals surface area (Å²) < 4.78 is 5.47. The second-order valence-corrected chi connectivity index (χ2v) is 10.5. The quantitative estimate of drug-likeness (QED) is 0.371. The molecule has 4 rings (SSSR count). The molecule has 0 bridgehead atoms. The number of aryl methyl sites for hydroxylation is 1. The van der Waals surface area contributed by atoms with Crippen LogP contribution in [0.2, 0.25) is 10.0 Å². The summed E-state index contributed by atoms with van der Waals surface area (Å²) >= 11 is 13.8. The molecule has 0 spiro atoms. The van der Waals surface area contributed by atoms with Crippen LogP contribution >= 0.6 is 35.0 Å². The predicted molar refractivity (Wildman–Crippen MR) is 138 cm³/mol. The van der Waals surface area contributed by atoms with Gasteiger partial charge in [-0.3, -0.25) is 9.69 Å². The Hall–Kier alpha value is -2.06. The van der Waals surface area contributed by atoms with Gasteiger partial charge in [-0.15, -0.1) is 0 Å². The molecule has 1 unspecified atom stereocenters. The summed E-state index contributed by atoms with van der Waals surface area (Å²) in [4.78, 5) is 19.5. The van der Waals surface area contributed by atoms with Crippen molar-refractivity contribution >= 4 is 40.9 Å². The summed E-state index contributed by atoms with van der Waals surface area (Å²) in [6.07, 6.45) is 1.88. The second kappa shape index (κ2) is 12.1. The molecule has 1 saturated heterocycles. The number of halogens is 2. The first-order valence-corrected chi connectivity index (χ1v) is 13.3. The zero-order chi connectivity index (χ0) is 23.9. The Balaban J connectivity index is 1.19. The number of hydrogen-bond donors (Lipinski definition) is 1. The average molecular weight is 519 g/mol. The van der Waals surface area contributed by atoms with Crippen LogP contribution in [-0.4, -0.2) is 46.3 Å². The lowest BCUT2D eigenvalue weighted by Gasteiger charge is -2.30. The Morgan fingerprint density at radius 2 is 2.03 bits per heavy atom. The maximum absolute atomic E-state index is 12.7. The molecule has 1 aliphatic rings. The first-order valence-electron chi connectivity index (χ1n) is 11.4. The Bertz CT molecular complexity index is 1110. The monoisotopic (exact) mass is 518 g/mol. The van der Waals surface area contributed by atoms with E-state index >= 15 is 0 Å². The van der Waals surface area contributed by atoms with Crippen molar-refractivity contribution in [3.63, 3.8) is 0 Å². The first-order chi connectivity index (χ1) is 16.5. The molecule has 3 aromatic rings. The van der Waals surface area contributed by atoms with E-state index in [1.54, 1.807) is 11.8 Å². The Labute approximate surface area is 214 Å². The van der Waals surface area contributed by atoms with Crippen molar-refractivity contribution in [1.82, 2.24) is 20.4 Å². The molecule has 34 heavy (non-hydrogen) atoms. The molecule has 6 nitrogen and oxygen atoms in total. The van der Waals surface area contributed by atoms with Crippen molar-refractivity contribution in [2.24, 2.45) is 5.92 Å². The number of rotatable bonds is 9. The number of piperidine rings is 1. The lowest BCUT2D eigenvalue weighted by atomic mass is 9.97. The van der Waals surface area contributed by atoms with Crippen LogP contribution in [0.1, 0.15) is 29.9 Å². The highest BCUT2D eigenvalue weighted by Gasteiger charge is 2.26. The molecule has 1 N–H and O–H groups in total. The molecule has 2 heterocycles. The summed E-state index contributed by atoms with van der Waals surface area (Å²) in [5.41, 5.74) is 3.25. The molecule has 0 radical (unpaired) electrons. The number of likely N-dealkylation sites (tertiary alicyclic amines) is 1. The lowest BCUT2D eigenvalue weighted by molar-refractivity contribution is -0.126. The van der Waals surface area contributed by atoms with E-state index in [1.165, 1.54) is 5.56 Å². The zero-order valence-corrected chi connectivity index (χ0v) is 21.4. The van der Waals surface area contributed by atoms with Gasteiger partial charge in [0.2, 0.25) is 17.6 Å². The van der Waals surface area contributed by atoms with Crippen molar-refractivity contribution in [3.05, 3.63) is 69.5 Å². The number of thioether (sulfide) groups is 1. The van der Waals surface area contributed by atoms with E-state index in [1.807, 2.05) is 49.4 Å². The largest absolute Gasteiger partial charge is 0.355 e. The van der Waals surface area contributed by atoms with E-state index in [-0.39, 0.29) is 11.8 Å². The van der Waals surface area contributed by atoms with Gasteiger partial charge in [-0.05, 0) is 44.0 Å². The summed E-state index contributed by atoms with van der Waals surface area (Å²) in [5, 5.41) is 8.34. The van der Waals surface area contributed by atoms with Gasteiger partial charge >= 0.3 is 0 Å². The molecular weight excluding hydrogens is 491 g/mol. The number of carbonyl (C=O) groups is 1. The molecule has 1 fully saturated rings. The van der Waals surface area contributed by atoms with Crippen LogP contribution < -0.4 is 5.32 Å². The molecule has 1 aliphatic heterocycles. The van der Waals surface area contributed by atoms with Crippen LogP contribution in [0.25, 0.3) is 11.4 Å². The topological polar surface area (TPSA) is 71.3 Å². The Kier molecular flexibility index (Phi) is 8.89. The third-order valence-electron chi connectivity index (χ3n) is 5.81. The van der Waals surface area contributed by atoms with Crippen molar-refractivity contribution in [2.45, 2.75) is 32.1 Å². The fourth-order valence-electron chi connectivity index (χ4n) is 3.95. The van der Waals surface area contributed by atoms with Gasteiger partial charge in [0.25, 0.3) is 0 Å². The molecule has 0 aliphatic carbocycles. The molecule has 1 atom stereocenters. The van der Waals surface area contributed by atoms with Gasteiger partial charge in [-0.1, -0.05) is 64.3 Å². The highest BCUT2D eigenvalue weighted by molar-refractivity contribution is 7.98. The zero-order valence-electron chi connectivity index (χ0n) is 19.1. The molecule has 1 aromatic heterocycles. The number of nitrogens with zero attached hydrogens (tertiary/aromatic N) is 3. The van der Waals surface area contributed by atoms with Crippen LogP contribution in [-0.2, 0) is 17.1 Å². The Morgan fingerprint density at radius 1 is 1.21 bits per heavy atom. The van der Waals surface area contributed by atoms with E-state index in [2.05, 4.69) is 20.4 Å². The molecule has 0 saturated carbocycles. The normalized spacial score (nSPS) is 16.5. The Morgan fingerprint density at radius 3 is 2.82 bits per heavy atom. The molecule has 2 aromatic carbocycles. The van der Waals surface area contributed by atoms with Gasteiger partial charge in [-0.25, -0.2) is 0 Å². The third-order valence-corrected chi connectivity index (χ3v) is 7.58. The third kappa shape index (κ3) is 6.98. The standard InChI is InChI=1S/C25H28Cl2N4O2S/c1-17-4-7-19(8-5-17)24-29-23(33-30-24)15-31-11-2-3-20(14-31)25(32)28-10-12-34-16-18-6-9-21(26)22(27)13-18/h4-9,13,20H,2-3,10-12,14-16H2,1H3,(H,28,32). The summed E-state index contributed by atoms with van der Waals surface area (Å²) in [6, 6.07) is 13.7. The van der Waals surface area contributed by atoms with Crippen molar-refractivity contribution in [3.8, 4) is 11.4 Å². The average Bonchev–Trinajstić information content (AvgIpc) is 3.30. The summed E-state index contributed by atoms with van der Waals surface area (Å²) in [5.74, 6) is 2.94. The van der Waals surface area contributed by atoms with Crippen molar-refractivity contribution in [1.29, 1.82) is 0 Å². The smallest absolute Gasteiger partial charge is 0.241 e. The minimum Gasteiger partial charge on any atom is -0.355 e. The van der Waals surface area contributed by atoms with E-state index in [9.17, 15) is 4.79 Å². The van der Waals surface area contributed by atoms with Gasteiger partial charge in [0.15, 0.2) is 0 Å². The van der Waals surface area contributed by atoms with Crippen LogP contribution in [0.5, 0.6) is 0 Å². The lowest BCUT2D eigenvalue weighted by Crippen LogP contribution is -2.43. The summed E-state index contributed by atoms with van der Waals surface area (Å²) in [6.45, 7) is 4.87. The number of benzene rings is 2.